The molecule has 0 aromatic carbocycles. The number of phosphoric acid groups is 1. The minimum absolute atomic E-state index is 0.137. The molecule has 11 nitrogen and oxygen atoms in total. The number of hydrogen-bond donors (Lipinski definition) is 4. The first kappa shape index (κ1) is 40.2. The van der Waals surface area contributed by atoms with Crippen molar-refractivity contribution in [1.82, 2.24) is 5.32 Å². The molecule has 3 atom stereocenters. The summed E-state index contributed by atoms with van der Waals surface area (Å²) in [6, 6.07) is -1.54. The number of aliphatic hydroxyl groups is 1. The SMILES string of the molecule is CCCCCC/C=C\CCCCCCCC(=O)NC(COP(=O)(O)OCC(O)COC(=O)CCCCCCC)C(=O)O. The van der Waals surface area contributed by atoms with Gasteiger partial charge < -0.3 is 25.2 Å². The number of aliphatic hydroxyl groups excluding tert-OH is 1. The summed E-state index contributed by atoms with van der Waals surface area (Å²) >= 11 is 0. The molecule has 0 fully saturated rings. The number of carboxylic acids is 1. The lowest BCUT2D eigenvalue weighted by atomic mass is 10.1. The van der Waals surface area contributed by atoms with Crippen LogP contribution in [-0.2, 0) is 32.7 Å². The molecule has 42 heavy (non-hydrogen) atoms. The van der Waals surface area contributed by atoms with Gasteiger partial charge in [-0.3, -0.25) is 18.6 Å². The van der Waals surface area contributed by atoms with Crippen LogP contribution in [0, 0.1) is 0 Å². The number of amides is 1. The summed E-state index contributed by atoms with van der Waals surface area (Å²) in [5.74, 6) is -2.40. The van der Waals surface area contributed by atoms with E-state index in [1.165, 1.54) is 25.7 Å². The van der Waals surface area contributed by atoms with E-state index in [1.807, 2.05) is 0 Å². The van der Waals surface area contributed by atoms with Gasteiger partial charge in [-0.1, -0.05) is 90.2 Å². The van der Waals surface area contributed by atoms with Gasteiger partial charge in [-0.2, -0.15) is 0 Å². The number of unbranched alkanes of at least 4 members (excludes halogenated alkanes) is 13. The van der Waals surface area contributed by atoms with E-state index in [4.69, 9.17) is 9.26 Å². The van der Waals surface area contributed by atoms with Gasteiger partial charge in [0, 0.05) is 12.8 Å². The molecule has 4 N–H and O–H groups in total. The second kappa shape index (κ2) is 26.8. The first-order valence-electron chi connectivity index (χ1n) is 15.7. The van der Waals surface area contributed by atoms with Crippen LogP contribution in [0.1, 0.15) is 129 Å². The molecular formula is C30H56NO10P. The number of rotatable bonds is 29. The summed E-state index contributed by atoms with van der Waals surface area (Å²) in [5.41, 5.74) is 0. The van der Waals surface area contributed by atoms with Crippen molar-refractivity contribution in [1.29, 1.82) is 0 Å². The number of allylic oxidation sites excluding steroid dienone is 2. The summed E-state index contributed by atoms with van der Waals surface area (Å²) in [6.07, 6.45) is 20.2. The van der Waals surface area contributed by atoms with Gasteiger partial charge in [0.2, 0.25) is 5.91 Å². The number of esters is 1. The summed E-state index contributed by atoms with van der Waals surface area (Å²) in [4.78, 5) is 45.2. The molecule has 0 rings (SSSR count). The van der Waals surface area contributed by atoms with Crippen LogP contribution in [0.25, 0.3) is 0 Å². The van der Waals surface area contributed by atoms with Crippen molar-refractivity contribution in [3.8, 4) is 0 Å². The number of carboxylic acid groups (broad SMARTS) is 1. The topological polar surface area (TPSA) is 169 Å². The standard InChI is InChI=1S/C30H56NO10P/c1-3-5-7-9-10-11-12-13-14-15-16-18-19-21-28(33)31-27(30(35)36)25-41-42(37,38)40-24-26(32)23-39-29(34)22-20-17-8-6-4-2/h11-12,26-27,32H,3-10,13-25H2,1-2H3,(H,31,33)(H,35,36)(H,37,38)/b12-11-. The lowest BCUT2D eigenvalue weighted by Crippen LogP contribution is -2.43. The highest BCUT2D eigenvalue weighted by Crippen LogP contribution is 2.43. The molecule has 0 aromatic rings. The van der Waals surface area contributed by atoms with Crippen LogP contribution < -0.4 is 5.32 Å². The molecule has 0 saturated carbocycles. The summed E-state index contributed by atoms with van der Waals surface area (Å²) < 4.78 is 26.4. The Balaban J connectivity index is 4.07. The Morgan fingerprint density at radius 2 is 1.24 bits per heavy atom. The zero-order chi connectivity index (χ0) is 31.5. The lowest BCUT2D eigenvalue weighted by molar-refractivity contribution is -0.147. The molecule has 0 saturated heterocycles. The molecular weight excluding hydrogens is 565 g/mol. The van der Waals surface area contributed by atoms with Crippen LogP contribution in [0.4, 0.5) is 0 Å². The van der Waals surface area contributed by atoms with Crippen LogP contribution >= 0.6 is 7.82 Å². The Labute approximate surface area is 252 Å². The molecule has 0 bridgehead atoms. The molecule has 0 spiro atoms. The highest BCUT2D eigenvalue weighted by molar-refractivity contribution is 7.47. The van der Waals surface area contributed by atoms with Crippen LogP contribution in [0.5, 0.6) is 0 Å². The fraction of sp³-hybridized carbons (Fsp3) is 0.833. The zero-order valence-corrected chi connectivity index (χ0v) is 26.7. The predicted molar refractivity (Wildman–Crippen MR) is 162 cm³/mol. The molecule has 246 valence electrons. The van der Waals surface area contributed by atoms with Crippen molar-refractivity contribution in [2.45, 2.75) is 142 Å². The maximum Gasteiger partial charge on any atom is 0.472 e. The number of ether oxygens (including phenoxy) is 1. The van der Waals surface area contributed by atoms with Crippen molar-refractivity contribution >= 4 is 25.7 Å². The zero-order valence-electron chi connectivity index (χ0n) is 25.8. The van der Waals surface area contributed by atoms with Crippen molar-refractivity contribution in [2.24, 2.45) is 0 Å². The Morgan fingerprint density at radius 3 is 1.83 bits per heavy atom. The fourth-order valence-electron chi connectivity index (χ4n) is 4.01. The Kier molecular flexibility index (Phi) is 25.7. The summed E-state index contributed by atoms with van der Waals surface area (Å²) in [6.45, 7) is 2.41. The van der Waals surface area contributed by atoms with Gasteiger partial charge in [0.15, 0.2) is 6.04 Å². The van der Waals surface area contributed by atoms with Crippen molar-refractivity contribution in [3.05, 3.63) is 12.2 Å². The molecule has 0 aromatic heterocycles. The molecule has 0 aliphatic carbocycles. The van der Waals surface area contributed by atoms with Gasteiger partial charge in [0.1, 0.15) is 12.7 Å². The maximum atomic E-state index is 12.2. The lowest BCUT2D eigenvalue weighted by Gasteiger charge is -2.18. The highest BCUT2D eigenvalue weighted by atomic mass is 31.2. The second-order valence-corrected chi connectivity index (χ2v) is 12.1. The van der Waals surface area contributed by atoms with Gasteiger partial charge >= 0.3 is 19.8 Å². The first-order valence-corrected chi connectivity index (χ1v) is 17.2. The maximum absolute atomic E-state index is 12.2. The summed E-state index contributed by atoms with van der Waals surface area (Å²) in [7, 11) is -4.73. The minimum Gasteiger partial charge on any atom is -0.480 e. The van der Waals surface area contributed by atoms with Gasteiger partial charge in [0.05, 0.1) is 13.2 Å². The highest BCUT2D eigenvalue weighted by Gasteiger charge is 2.28. The third kappa shape index (κ3) is 25.9. The molecule has 0 heterocycles. The Morgan fingerprint density at radius 1 is 0.738 bits per heavy atom. The number of phosphoric ester groups is 1. The number of nitrogens with one attached hydrogen (secondary N) is 1. The smallest absolute Gasteiger partial charge is 0.472 e. The number of carbonyl (C=O) groups excluding carboxylic acids is 2. The Bertz CT molecular complexity index is 792. The quantitative estimate of drug-likeness (QED) is 0.0326. The predicted octanol–water partition coefficient (Wildman–Crippen LogP) is 6.21. The number of hydrogen-bond acceptors (Lipinski definition) is 8. The van der Waals surface area contributed by atoms with Crippen LogP contribution in [-0.4, -0.2) is 64.9 Å². The van der Waals surface area contributed by atoms with Crippen molar-refractivity contribution in [2.75, 3.05) is 19.8 Å². The number of aliphatic carboxylic acids is 1. The van der Waals surface area contributed by atoms with Crippen molar-refractivity contribution < 1.29 is 47.8 Å². The van der Waals surface area contributed by atoms with Gasteiger partial charge in [-0.05, 0) is 38.5 Å². The van der Waals surface area contributed by atoms with E-state index in [-0.39, 0.29) is 12.8 Å². The normalized spacial score (nSPS) is 14.4. The van der Waals surface area contributed by atoms with Gasteiger partial charge in [-0.25, -0.2) is 9.36 Å². The van der Waals surface area contributed by atoms with Gasteiger partial charge in [-0.15, -0.1) is 0 Å². The van der Waals surface area contributed by atoms with E-state index in [0.717, 1.165) is 64.2 Å². The van der Waals surface area contributed by atoms with E-state index >= 15 is 0 Å². The third-order valence-electron chi connectivity index (χ3n) is 6.55. The van der Waals surface area contributed by atoms with Crippen molar-refractivity contribution in [3.63, 3.8) is 0 Å². The molecule has 12 heteroatoms. The summed E-state index contributed by atoms with van der Waals surface area (Å²) in [5, 5.41) is 21.5. The molecule has 0 aliphatic heterocycles. The number of carbonyl (C=O) groups is 3. The van der Waals surface area contributed by atoms with E-state index in [2.05, 4.69) is 35.8 Å². The van der Waals surface area contributed by atoms with Crippen LogP contribution in [0.3, 0.4) is 0 Å². The third-order valence-corrected chi connectivity index (χ3v) is 7.51. The average Bonchev–Trinajstić information content (AvgIpc) is 2.95. The van der Waals surface area contributed by atoms with E-state index in [1.54, 1.807) is 0 Å². The minimum atomic E-state index is -4.73. The molecule has 0 aliphatic rings. The monoisotopic (exact) mass is 621 g/mol. The van der Waals surface area contributed by atoms with Gasteiger partial charge in [0.25, 0.3) is 0 Å². The molecule has 0 radical (unpaired) electrons. The second-order valence-electron chi connectivity index (χ2n) is 10.6. The average molecular weight is 622 g/mol. The molecule has 1 amide bonds. The Hall–Kier alpha value is -1.78. The van der Waals surface area contributed by atoms with E-state index < -0.39 is 57.6 Å². The van der Waals surface area contributed by atoms with Crippen LogP contribution in [0.2, 0.25) is 0 Å². The largest absolute Gasteiger partial charge is 0.480 e. The molecule has 3 unspecified atom stereocenters. The fourth-order valence-corrected chi connectivity index (χ4v) is 4.78. The van der Waals surface area contributed by atoms with E-state index in [9.17, 15) is 34.1 Å². The van der Waals surface area contributed by atoms with Crippen LogP contribution in [0.15, 0.2) is 12.2 Å². The first-order chi connectivity index (χ1) is 20.1. The van der Waals surface area contributed by atoms with E-state index in [0.29, 0.717) is 12.8 Å².